The molecule has 0 aliphatic carbocycles. The highest BCUT2D eigenvalue weighted by Crippen LogP contribution is 2.35. The van der Waals surface area contributed by atoms with Gasteiger partial charge in [0.2, 0.25) is 0 Å². The normalized spacial score (nSPS) is 18.5. The van der Waals surface area contributed by atoms with E-state index in [2.05, 4.69) is 20.3 Å². The van der Waals surface area contributed by atoms with Gasteiger partial charge in [-0.15, -0.1) is 0 Å². The van der Waals surface area contributed by atoms with E-state index in [1.165, 1.54) is 35.2 Å². The predicted molar refractivity (Wildman–Crippen MR) is 165 cm³/mol. The van der Waals surface area contributed by atoms with E-state index in [-0.39, 0.29) is 39.5 Å². The maximum absolute atomic E-state index is 13.1. The van der Waals surface area contributed by atoms with Gasteiger partial charge in [0.05, 0.1) is 27.3 Å². The van der Waals surface area contributed by atoms with E-state index < -0.39 is 58.8 Å². The summed E-state index contributed by atoms with van der Waals surface area (Å²) in [5.74, 6) is -2.23. The van der Waals surface area contributed by atoms with Crippen molar-refractivity contribution in [2.75, 3.05) is 11.9 Å². The standard InChI is InChI=1S/C31H23N7O11/c39-24-25(49-31(42)19-8-12-21(13-9-19)38(45)46)22(14-47-30(41)18-6-10-20(11-7-18)37(43)44)48-29(24)36-16-34-23-26(32-15-33-27(23)36)35-28(40)17-4-2-1-3-5-17/h1-13,15-16,22,24-25,29,39H,14H2,(H,32,33,35,40). The van der Waals surface area contributed by atoms with Crippen LogP contribution in [0.5, 0.6) is 0 Å². The van der Waals surface area contributed by atoms with E-state index in [0.717, 1.165) is 30.6 Å². The smallest absolute Gasteiger partial charge is 0.338 e. The summed E-state index contributed by atoms with van der Waals surface area (Å²) in [5.41, 5.74) is 0.0719. The zero-order chi connectivity index (χ0) is 34.7. The molecule has 1 saturated heterocycles. The van der Waals surface area contributed by atoms with Gasteiger partial charge in [0.15, 0.2) is 29.3 Å². The van der Waals surface area contributed by atoms with Crippen molar-refractivity contribution >= 4 is 46.2 Å². The van der Waals surface area contributed by atoms with Crippen molar-refractivity contribution < 1.29 is 43.5 Å². The molecule has 0 saturated carbocycles. The van der Waals surface area contributed by atoms with Gasteiger partial charge in [0.25, 0.3) is 17.3 Å². The number of rotatable bonds is 10. The van der Waals surface area contributed by atoms with Crippen molar-refractivity contribution in [2.45, 2.75) is 24.5 Å². The van der Waals surface area contributed by atoms with Crippen molar-refractivity contribution in [3.63, 3.8) is 0 Å². The van der Waals surface area contributed by atoms with Gasteiger partial charge in [-0.05, 0) is 36.4 Å². The van der Waals surface area contributed by atoms with Gasteiger partial charge in [-0.1, -0.05) is 18.2 Å². The maximum Gasteiger partial charge on any atom is 0.338 e. The highest BCUT2D eigenvalue weighted by atomic mass is 16.6. The molecule has 6 rings (SSSR count). The molecule has 1 aliphatic heterocycles. The Kier molecular flexibility index (Phi) is 8.96. The minimum atomic E-state index is -1.60. The Balaban J connectivity index is 1.25. The van der Waals surface area contributed by atoms with E-state index in [9.17, 15) is 39.7 Å². The third-order valence-electron chi connectivity index (χ3n) is 7.46. The summed E-state index contributed by atoms with van der Waals surface area (Å²) >= 11 is 0. The van der Waals surface area contributed by atoms with Crippen molar-refractivity contribution in [3.05, 3.63) is 128 Å². The number of nitrogens with zero attached hydrogens (tertiary/aromatic N) is 6. The lowest BCUT2D eigenvalue weighted by atomic mass is 10.1. The monoisotopic (exact) mass is 669 g/mol. The van der Waals surface area contributed by atoms with Crippen LogP contribution in [0.4, 0.5) is 17.2 Å². The maximum atomic E-state index is 13.1. The molecule has 4 atom stereocenters. The fraction of sp³-hybridized carbons (Fsp3) is 0.161. The number of hydrogen-bond donors (Lipinski definition) is 2. The quantitative estimate of drug-likeness (QED) is 0.123. The summed E-state index contributed by atoms with van der Waals surface area (Å²) in [6.07, 6.45) is -3.19. The Morgan fingerprint density at radius 1 is 0.837 bits per heavy atom. The van der Waals surface area contributed by atoms with Crippen LogP contribution >= 0.6 is 0 Å². The Bertz CT molecular complexity index is 2050. The van der Waals surface area contributed by atoms with Crippen LogP contribution < -0.4 is 5.32 Å². The van der Waals surface area contributed by atoms with Crippen LogP contribution in [0.1, 0.15) is 37.3 Å². The van der Waals surface area contributed by atoms with Crippen LogP contribution in [-0.4, -0.2) is 77.2 Å². The zero-order valence-electron chi connectivity index (χ0n) is 24.9. The number of nitro groups is 2. The van der Waals surface area contributed by atoms with E-state index in [4.69, 9.17) is 14.2 Å². The Morgan fingerprint density at radius 2 is 1.45 bits per heavy atom. The number of aliphatic hydroxyl groups excluding tert-OH is 1. The van der Waals surface area contributed by atoms with Crippen molar-refractivity contribution in [2.24, 2.45) is 0 Å². The van der Waals surface area contributed by atoms with Gasteiger partial charge in [-0.2, -0.15) is 0 Å². The number of nitrogens with one attached hydrogen (secondary N) is 1. The number of anilines is 1. The summed E-state index contributed by atoms with van der Waals surface area (Å²) in [6, 6.07) is 17.6. The number of nitro benzene ring substituents is 2. The molecule has 3 aromatic carbocycles. The molecule has 1 aliphatic rings. The molecule has 4 unspecified atom stereocenters. The highest BCUT2D eigenvalue weighted by molar-refractivity contribution is 6.06. The Morgan fingerprint density at radius 3 is 2.06 bits per heavy atom. The average molecular weight is 670 g/mol. The first kappa shape index (κ1) is 32.3. The Hall–Kier alpha value is -6.66. The second-order valence-corrected chi connectivity index (χ2v) is 10.5. The number of carbonyl (C=O) groups excluding carboxylic acids is 3. The van der Waals surface area contributed by atoms with E-state index in [0.29, 0.717) is 5.56 Å². The van der Waals surface area contributed by atoms with Gasteiger partial charge in [0.1, 0.15) is 25.1 Å². The molecule has 5 aromatic rings. The topological polar surface area (TPSA) is 241 Å². The summed E-state index contributed by atoms with van der Waals surface area (Å²) < 4.78 is 18.3. The number of non-ortho nitro benzene ring substituents is 2. The van der Waals surface area contributed by atoms with Crippen molar-refractivity contribution in [1.82, 2.24) is 19.5 Å². The largest absolute Gasteiger partial charge is 0.459 e. The lowest BCUT2D eigenvalue weighted by molar-refractivity contribution is -0.385. The van der Waals surface area contributed by atoms with Crippen LogP contribution in [-0.2, 0) is 14.2 Å². The van der Waals surface area contributed by atoms with Gasteiger partial charge < -0.3 is 24.6 Å². The zero-order valence-corrected chi connectivity index (χ0v) is 24.9. The molecule has 0 bridgehead atoms. The molecule has 0 radical (unpaired) electrons. The third kappa shape index (κ3) is 6.75. The van der Waals surface area contributed by atoms with Gasteiger partial charge in [0, 0.05) is 29.8 Å². The number of imidazole rings is 1. The number of amides is 1. The summed E-state index contributed by atoms with van der Waals surface area (Å²) in [6.45, 7) is -0.540. The van der Waals surface area contributed by atoms with Gasteiger partial charge in [-0.3, -0.25) is 29.6 Å². The SMILES string of the molecule is O=C(Nc1ncnc2c1ncn2C1OC(COC(=O)c2ccc([N+](=O)[O-])cc2)C(OC(=O)c2ccc([N+](=O)[O-])cc2)C1O)c1ccccc1. The molecule has 49 heavy (non-hydrogen) atoms. The fourth-order valence-corrected chi connectivity index (χ4v) is 5.00. The summed E-state index contributed by atoms with van der Waals surface area (Å²) in [7, 11) is 0. The van der Waals surface area contributed by atoms with Crippen LogP contribution in [0.15, 0.2) is 91.5 Å². The molecule has 2 N–H and O–H groups in total. The molecule has 18 heteroatoms. The lowest BCUT2D eigenvalue weighted by Crippen LogP contribution is -2.38. The number of fused-ring (bicyclic) bond motifs is 1. The third-order valence-corrected chi connectivity index (χ3v) is 7.46. The highest BCUT2D eigenvalue weighted by Gasteiger charge is 2.48. The second-order valence-electron chi connectivity index (χ2n) is 10.5. The van der Waals surface area contributed by atoms with Crippen LogP contribution in [0.25, 0.3) is 11.2 Å². The molecule has 1 amide bonds. The molecule has 3 heterocycles. The minimum absolute atomic E-state index is 0.0116. The van der Waals surface area contributed by atoms with Crippen LogP contribution in [0, 0.1) is 20.2 Å². The number of benzene rings is 3. The van der Waals surface area contributed by atoms with Gasteiger partial charge >= 0.3 is 11.9 Å². The molecule has 1 fully saturated rings. The number of aliphatic hydroxyl groups is 1. The molecular formula is C31H23N7O11. The average Bonchev–Trinajstić information content (AvgIpc) is 3.68. The number of hydrogen-bond acceptors (Lipinski definition) is 14. The van der Waals surface area contributed by atoms with Crippen LogP contribution in [0.3, 0.4) is 0 Å². The van der Waals surface area contributed by atoms with E-state index in [1.807, 2.05) is 0 Å². The molecular weight excluding hydrogens is 646 g/mol. The van der Waals surface area contributed by atoms with E-state index in [1.54, 1.807) is 30.3 Å². The molecule has 18 nitrogen and oxygen atoms in total. The number of ether oxygens (including phenoxy) is 3. The first-order chi connectivity index (χ1) is 23.6. The molecule has 2 aromatic heterocycles. The summed E-state index contributed by atoms with van der Waals surface area (Å²) in [5, 5.41) is 36.1. The summed E-state index contributed by atoms with van der Waals surface area (Å²) in [4.78, 5) is 72.0. The predicted octanol–water partition coefficient (Wildman–Crippen LogP) is 3.24. The first-order valence-electron chi connectivity index (χ1n) is 14.3. The van der Waals surface area contributed by atoms with Crippen molar-refractivity contribution in [1.29, 1.82) is 0 Å². The second kappa shape index (κ2) is 13.6. The number of esters is 2. The number of carbonyl (C=O) groups is 3. The number of aromatic nitrogens is 4. The molecule has 248 valence electrons. The fourth-order valence-electron chi connectivity index (χ4n) is 5.00. The molecule has 0 spiro atoms. The minimum Gasteiger partial charge on any atom is -0.459 e. The lowest BCUT2D eigenvalue weighted by Gasteiger charge is -2.20. The van der Waals surface area contributed by atoms with E-state index >= 15 is 0 Å². The van der Waals surface area contributed by atoms with Crippen LogP contribution in [0.2, 0.25) is 0 Å². The van der Waals surface area contributed by atoms with Crippen molar-refractivity contribution in [3.8, 4) is 0 Å². The Labute approximate surface area is 274 Å². The first-order valence-corrected chi connectivity index (χ1v) is 14.3. The van der Waals surface area contributed by atoms with Gasteiger partial charge in [-0.25, -0.2) is 24.5 Å².